The second-order valence-electron chi connectivity index (χ2n) is 5.13. The van der Waals surface area contributed by atoms with Crippen molar-refractivity contribution in [1.29, 1.82) is 0 Å². The van der Waals surface area contributed by atoms with Gasteiger partial charge in [0.25, 0.3) is 5.91 Å². The first kappa shape index (κ1) is 17.3. The highest BCUT2D eigenvalue weighted by atomic mass is 32.2. The van der Waals surface area contributed by atoms with Crippen LogP contribution in [-0.4, -0.2) is 47.5 Å². The minimum absolute atomic E-state index is 0.0472. The van der Waals surface area contributed by atoms with Crippen molar-refractivity contribution >= 4 is 29.3 Å². The Morgan fingerprint density at radius 2 is 1.91 bits per heavy atom. The van der Waals surface area contributed by atoms with Crippen LogP contribution < -0.4 is 10.6 Å². The molecule has 1 aromatic carbocycles. The summed E-state index contributed by atoms with van der Waals surface area (Å²) in [6.07, 6.45) is 3.37. The van der Waals surface area contributed by atoms with Gasteiger partial charge in [0, 0.05) is 36.0 Å². The quantitative estimate of drug-likeness (QED) is 0.751. The van der Waals surface area contributed by atoms with Crippen molar-refractivity contribution in [3.8, 4) is 0 Å². The molecule has 0 aliphatic carbocycles. The molecule has 1 heterocycles. The Hall–Kier alpha value is -2.05. The SMILES string of the molecule is C=CCN(CC=C)C(=O)c1ccc(NC(=O)C2CSCN2)cc1. The zero-order valence-corrected chi connectivity index (χ0v) is 13.8. The molecule has 2 rings (SSSR count). The second-order valence-corrected chi connectivity index (χ2v) is 6.16. The van der Waals surface area contributed by atoms with Gasteiger partial charge in [-0.15, -0.1) is 24.9 Å². The predicted molar refractivity (Wildman–Crippen MR) is 95.6 cm³/mol. The molecular weight excluding hydrogens is 310 g/mol. The number of carbonyl (C=O) groups is 2. The molecule has 1 aliphatic heterocycles. The maximum atomic E-state index is 12.4. The maximum absolute atomic E-state index is 12.4. The van der Waals surface area contributed by atoms with Crippen molar-refractivity contribution in [3.05, 3.63) is 55.1 Å². The number of amides is 2. The zero-order valence-electron chi connectivity index (χ0n) is 13.0. The van der Waals surface area contributed by atoms with E-state index < -0.39 is 0 Å². The monoisotopic (exact) mass is 331 g/mol. The first-order valence-corrected chi connectivity index (χ1v) is 8.54. The molecule has 0 spiro atoms. The van der Waals surface area contributed by atoms with Gasteiger partial charge in [-0.3, -0.25) is 14.9 Å². The van der Waals surface area contributed by atoms with Crippen molar-refractivity contribution in [2.75, 3.05) is 30.0 Å². The van der Waals surface area contributed by atoms with Crippen molar-refractivity contribution in [3.63, 3.8) is 0 Å². The van der Waals surface area contributed by atoms with E-state index in [0.29, 0.717) is 24.3 Å². The number of hydrogen-bond donors (Lipinski definition) is 2. The smallest absolute Gasteiger partial charge is 0.254 e. The Kier molecular flexibility index (Phi) is 6.43. The number of benzene rings is 1. The van der Waals surface area contributed by atoms with Gasteiger partial charge in [-0.05, 0) is 24.3 Å². The van der Waals surface area contributed by atoms with Crippen molar-refractivity contribution in [2.24, 2.45) is 0 Å². The van der Waals surface area contributed by atoms with Crippen LogP contribution in [0.1, 0.15) is 10.4 Å². The Labute approximate surface area is 140 Å². The maximum Gasteiger partial charge on any atom is 0.254 e. The van der Waals surface area contributed by atoms with E-state index in [0.717, 1.165) is 11.6 Å². The number of hydrogen-bond acceptors (Lipinski definition) is 4. The summed E-state index contributed by atoms with van der Waals surface area (Å²) < 4.78 is 0. The molecule has 0 bridgehead atoms. The highest BCUT2D eigenvalue weighted by Crippen LogP contribution is 2.15. The van der Waals surface area contributed by atoms with E-state index in [1.165, 1.54) is 0 Å². The van der Waals surface area contributed by atoms with Crippen molar-refractivity contribution in [2.45, 2.75) is 6.04 Å². The molecule has 1 unspecified atom stereocenters. The summed E-state index contributed by atoms with van der Waals surface area (Å²) in [7, 11) is 0. The third kappa shape index (κ3) is 4.71. The van der Waals surface area contributed by atoms with Crippen LogP contribution in [-0.2, 0) is 4.79 Å². The van der Waals surface area contributed by atoms with Crippen LogP contribution in [0.3, 0.4) is 0 Å². The van der Waals surface area contributed by atoms with Gasteiger partial charge in [-0.2, -0.15) is 0 Å². The van der Waals surface area contributed by atoms with Crippen LogP contribution in [0.2, 0.25) is 0 Å². The van der Waals surface area contributed by atoms with E-state index in [-0.39, 0.29) is 17.9 Å². The van der Waals surface area contributed by atoms with Crippen molar-refractivity contribution in [1.82, 2.24) is 10.2 Å². The molecule has 122 valence electrons. The molecule has 1 aliphatic rings. The fraction of sp³-hybridized carbons (Fsp3) is 0.294. The highest BCUT2D eigenvalue weighted by Gasteiger charge is 2.22. The van der Waals surface area contributed by atoms with Gasteiger partial charge in [0.1, 0.15) is 0 Å². The molecule has 23 heavy (non-hydrogen) atoms. The zero-order chi connectivity index (χ0) is 16.7. The van der Waals surface area contributed by atoms with Crippen molar-refractivity contribution < 1.29 is 9.59 Å². The second kappa shape index (κ2) is 8.55. The molecule has 0 radical (unpaired) electrons. The number of thioether (sulfide) groups is 1. The van der Waals surface area contributed by atoms with Crippen LogP contribution in [0.15, 0.2) is 49.6 Å². The van der Waals surface area contributed by atoms with E-state index in [1.54, 1.807) is 53.1 Å². The lowest BCUT2D eigenvalue weighted by Crippen LogP contribution is -2.37. The van der Waals surface area contributed by atoms with Gasteiger partial charge in [0.15, 0.2) is 0 Å². The third-order valence-electron chi connectivity index (χ3n) is 3.42. The first-order valence-electron chi connectivity index (χ1n) is 7.39. The number of anilines is 1. The van der Waals surface area contributed by atoms with Gasteiger partial charge in [-0.1, -0.05) is 12.2 Å². The summed E-state index contributed by atoms with van der Waals surface area (Å²) in [5, 5.41) is 5.98. The van der Waals surface area contributed by atoms with Gasteiger partial charge < -0.3 is 10.2 Å². The van der Waals surface area contributed by atoms with Crippen LogP contribution in [0.25, 0.3) is 0 Å². The van der Waals surface area contributed by atoms with Crippen LogP contribution in [0.4, 0.5) is 5.69 Å². The topological polar surface area (TPSA) is 61.4 Å². The molecule has 1 aromatic rings. The fourth-order valence-corrected chi connectivity index (χ4v) is 3.17. The highest BCUT2D eigenvalue weighted by molar-refractivity contribution is 7.99. The Morgan fingerprint density at radius 1 is 1.26 bits per heavy atom. The van der Waals surface area contributed by atoms with Gasteiger partial charge in [0.2, 0.25) is 5.91 Å². The molecule has 0 saturated carbocycles. The average Bonchev–Trinajstić information content (AvgIpc) is 3.09. The molecule has 2 amide bonds. The van der Waals surface area contributed by atoms with E-state index in [9.17, 15) is 9.59 Å². The molecule has 6 heteroatoms. The molecule has 0 aromatic heterocycles. The summed E-state index contributed by atoms with van der Waals surface area (Å²) in [6, 6.07) is 6.76. The van der Waals surface area contributed by atoms with E-state index in [1.807, 2.05) is 0 Å². The molecule has 1 fully saturated rings. The standard InChI is InChI=1S/C17H21N3O2S/c1-3-9-20(10-4-2)17(22)13-5-7-14(8-6-13)19-16(21)15-11-23-12-18-15/h3-8,15,18H,1-2,9-12H2,(H,19,21). The molecule has 1 saturated heterocycles. The van der Waals surface area contributed by atoms with Crippen LogP contribution >= 0.6 is 11.8 Å². The normalized spacial score (nSPS) is 16.6. The molecule has 2 N–H and O–H groups in total. The number of carbonyl (C=O) groups excluding carboxylic acids is 2. The average molecular weight is 331 g/mol. The molecular formula is C17H21N3O2S. The van der Waals surface area contributed by atoms with Gasteiger partial charge in [-0.25, -0.2) is 0 Å². The lowest BCUT2D eigenvalue weighted by atomic mass is 10.1. The summed E-state index contributed by atoms with van der Waals surface area (Å²) >= 11 is 1.70. The lowest BCUT2D eigenvalue weighted by Gasteiger charge is -2.19. The van der Waals surface area contributed by atoms with E-state index in [4.69, 9.17) is 0 Å². The third-order valence-corrected chi connectivity index (χ3v) is 4.36. The first-order chi connectivity index (χ1) is 11.2. The Balaban J connectivity index is 2.00. The largest absolute Gasteiger partial charge is 0.331 e. The summed E-state index contributed by atoms with van der Waals surface area (Å²) in [6.45, 7) is 8.25. The minimum atomic E-state index is -0.156. The summed E-state index contributed by atoms with van der Waals surface area (Å²) in [5.41, 5.74) is 1.26. The summed E-state index contributed by atoms with van der Waals surface area (Å²) in [4.78, 5) is 26.1. The Morgan fingerprint density at radius 3 is 2.43 bits per heavy atom. The lowest BCUT2D eigenvalue weighted by molar-refractivity contribution is -0.117. The predicted octanol–water partition coefficient (Wildman–Crippen LogP) is 2.10. The fourth-order valence-electron chi connectivity index (χ4n) is 2.22. The van der Waals surface area contributed by atoms with Crippen LogP contribution in [0.5, 0.6) is 0 Å². The van der Waals surface area contributed by atoms with Gasteiger partial charge >= 0.3 is 0 Å². The molecule has 5 nitrogen and oxygen atoms in total. The number of nitrogens with one attached hydrogen (secondary N) is 2. The number of rotatable bonds is 7. The Bertz CT molecular complexity index is 570. The summed E-state index contributed by atoms with van der Waals surface area (Å²) in [5.74, 6) is 1.44. The minimum Gasteiger partial charge on any atom is -0.331 e. The number of nitrogens with zero attached hydrogens (tertiary/aromatic N) is 1. The molecule has 1 atom stereocenters. The van der Waals surface area contributed by atoms with E-state index >= 15 is 0 Å². The van der Waals surface area contributed by atoms with Crippen LogP contribution in [0, 0.1) is 0 Å². The van der Waals surface area contributed by atoms with E-state index in [2.05, 4.69) is 23.8 Å². The van der Waals surface area contributed by atoms with Gasteiger partial charge in [0.05, 0.1) is 6.04 Å².